The van der Waals surface area contributed by atoms with Crippen LogP contribution in [0.4, 0.5) is 0 Å². The van der Waals surface area contributed by atoms with Crippen LogP contribution in [-0.4, -0.2) is 10.2 Å². The summed E-state index contributed by atoms with van der Waals surface area (Å²) in [5.41, 5.74) is 9.18. The molecule has 0 saturated carbocycles. The van der Waals surface area contributed by atoms with E-state index in [4.69, 9.17) is 5.73 Å². The number of aryl methyl sites for hydroxylation is 2. The van der Waals surface area contributed by atoms with Gasteiger partial charge in [-0.2, -0.15) is 10.2 Å². The Hall–Kier alpha value is -1.22. The van der Waals surface area contributed by atoms with Crippen LogP contribution in [0.15, 0.2) is 18.7 Å². The van der Waals surface area contributed by atoms with Crippen molar-refractivity contribution in [3.8, 4) is 0 Å². The number of hydrogen-bond acceptors (Lipinski definition) is 3. The average Bonchev–Trinajstić information content (AvgIpc) is 2.25. The van der Waals surface area contributed by atoms with E-state index in [9.17, 15) is 0 Å². The molecule has 3 heteroatoms. The number of nitrogens with zero attached hydrogens (tertiary/aromatic N) is 2. The van der Waals surface area contributed by atoms with Crippen LogP contribution in [0.1, 0.15) is 42.8 Å². The Morgan fingerprint density at radius 1 is 1.53 bits per heavy atom. The molecular formula is C12H19N3. The van der Waals surface area contributed by atoms with Crippen molar-refractivity contribution in [1.82, 2.24) is 10.2 Å². The third-order valence-electron chi connectivity index (χ3n) is 2.44. The largest absolute Gasteiger partial charge is 0.324 e. The van der Waals surface area contributed by atoms with E-state index in [0.717, 1.165) is 36.2 Å². The van der Waals surface area contributed by atoms with Gasteiger partial charge in [-0.1, -0.05) is 13.0 Å². The zero-order valence-corrected chi connectivity index (χ0v) is 9.53. The van der Waals surface area contributed by atoms with Crippen LogP contribution in [0.3, 0.4) is 0 Å². The molecule has 2 N–H and O–H groups in total. The number of rotatable bonds is 5. The molecule has 0 bridgehead atoms. The monoisotopic (exact) mass is 205 g/mol. The SMILES string of the molecule is C=CCCC(N)c1cc(C)nnc1CC. The molecular weight excluding hydrogens is 186 g/mol. The second-order valence-corrected chi connectivity index (χ2v) is 3.71. The second-order valence-electron chi connectivity index (χ2n) is 3.71. The zero-order chi connectivity index (χ0) is 11.3. The Kier molecular flexibility index (Phi) is 4.43. The van der Waals surface area contributed by atoms with Crippen molar-refractivity contribution in [3.63, 3.8) is 0 Å². The third kappa shape index (κ3) is 3.13. The summed E-state index contributed by atoms with van der Waals surface area (Å²) >= 11 is 0. The molecule has 1 aromatic heterocycles. The molecule has 82 valence electrons. The van der Waals surface area contributed by atoms with Gasteiger partial charge in [-0.25, -0.2) is 0 Å². The molecule has 0 radical (unpaired) electrons. The highest BCUT2D eigenvalue weighted by Gasteiger charge is 2.11. The first-order valence-corrected chi connectivity index (χ1v) is 5.38. The maximum absolute atomic E-state index is 6.11. The van der Waals surface area contributed by atoms with E-state index in [2.05, 4.69) is 23.7 Å². The summed E-state index contributed by atoms with van der Waals surface area (Å²) in [6.45, 7) is 7.72. The Morgan fingerprint density at radius 2 is 2.27 bits per heavy atom. The maximum Gasteiger partial charge on any atom is 0.0676 e. The van der Waals surface area contributed by atoms with E-state index in [0.29, 0.717) is 0 Å². The highest BCUT2D eigenvalue weighted by Crippen LogP contribution is 2.19. The molecule has 0 spiro atoms. The predicted octanol–water partition coefficient (Wildman–Crippen LogP) is 2.31. The normalized spacial score (nSPS) is 12.5. The zero-order valence-electron chi connectivity index (χ0n) is 9.53. The van der Waals surface area contributed by atoms with Gasteiger partial charge < -0.3 is 5.73 Å². The average molecular weight is 205 g/mol. The van der Waals surface area contributed by atoms with Crippen molar-refractivity contribution in [2.24, 2.45) is 5.73 Å². The molecule has 0 aliphatic carbocycles. The molecule has 1 aromatic rings. The fraction of sp³-hybridized carbons (Fsp3) is 0.500. The van der Waals surface area contributed by atoms with Gasteiger partial charge in [0.15, 0.2) is 0 Å². The summed E-state index contributed by atoms with van der Waals surface area (Å²) in [6.07, 6.45) is 4.63. The summed E-state index contributed by atoms with van der Waals surface area (Å²) in [5.74, 6) is 0. The molecule has 0 fully saturated rings. The Bertz CT molecular complexity index is 334. The first-order chi connectivity index (χ1) is 7.19. The van der Waals surface area contributed by atoms with Gasteiger partial charge in [-0.3, -0.25) is 0 Å². The molecule has 0 saturated heterocycles. The van der Waals surface area contributed by atoms with Crippen LogP contribution in [0, 0.1) is 6.92 Å². The number of hydrogen-bond donors (Lipinski definition) is 1. The van der Waals surface area contributed by atoms with Gasteiger partial charge in [-0.15, -0.1) is 6.58 Å². The Labute approximate surface area is 91.4 Å². The van der Waals surface area contributed by atoms with Crippen molar-refractivity contribution in [2.45, 2.75) is 39.2 Å². The van der Waals surface area contributed by atoms with Gasteiger partial charge in [0.05, 0.1) is 11.4 Å². The van der Waals surface area contributed by atoms with Crippen molar-refractivity contribution >= 4 is 0 Å². The van der Waals surface area contributed by atoms with Crippen molar-refractivity contribution < 1.29 is 0 Å². The summed E-state index contributed by atoms with van der Waals surface area (Å²) in [6, 6.07) is 2.09. The number of allylic oxidation sites excluding steroid dienone is 1. The second kappa shape index (κ2) is 5.61. The van der Waals surface area contributed by atoms with E-state index in [1.165, 1.54) is 0 Å². The smallest absolute Gasteiger partial charge is 0.0676 e. The Morgan fingerprint density at radius 3 is 2.87 bits per heavy atom. The lowest BCUT2D eigenvalue weighted by molar-refractivity contribution is 0.642. The van der Waals surface area contributed by atoms with Gasteiger partial charge in [-0.05, 0) is 37.8 Å². The molecule has 3 nitrogen and oxygen atoms in total. The molecule has 15 heavy (non-hydrogen) atoms. The van der Waals surface area contributed by atoms with Crippen molar-refractivity contribution in [2.75, 3.05) is 0 Å². The van der Waals surface area contributed by atoms with E-state index in [-0.39, 0.29) is 6.04 Å². The topological polar surface area (TPSA) is 51.8 Å². The third-order valence-corrected chi connectivity index (χ3v) is 2.44. The van der Waals surface area contributed by atoms with Crippen molar-refractivity contribution in [3.05, 3.63) is 35.7 Å². The highest BCUT2D eigenvalue weighted by molar-refractivity contribution is 5.24. The summed E-state index contributed by atoms with van der Waals surface area (Å²) in [4.78, 5) is 0. The van der Waals surface area contributed by atoms with Gasteiger partial charge in [0, 0.05) is 6.04 Å². The number of nitrogens with two attached hydrogens (primary N) is 1. The van der Waals surface area contributed by atoms with Crippen LogP contribution in [0.2, 0.25) is 0 Å². The standard InChI is InChI=1S/C12H19N3/c1-4-6-7-11(13)10-8-9(3)14-15-12(10)5-2/h4,8,11H,1,5-7,13H2,2-3H3. The first-order valence-electron chi connectivity index (χ1n) is 5.38. The van der Waals surface area contributed by atoms with Gasteiger partial charge >= 0.3 is 0 Å². The fourth-order valence-electron chi connectivity index (χ4n) is 1.58. The van der Waals surface area contributed by atoms with Gasteiger partial charge in [0.25, 0.3) is 0 Å². The molecule has 1 heterocycles. The fourth-order valence-corrected chi connectivity index (χ4v) is 1.58. The van der Waals surface area contributed by atoms with Crippen LogP contribution >= 0.6 is 0 Å². The molecule has 0 aliphatic heterocycles. The molecule has 1 unspecified atom stereocenters. The van der Waals surface area contributed by atoms with Crippen LogP contribution in [0.25, 0.3) is 0 Å². The quantitative estimate of drug-likeness (QED) is 0.750. The minimum absolute atomic E-state index is 0.0483. The Balaban J connectivity index is 2.89. The van der Waals surface area contributed by atoms with E-state index < -0.39 is 0 Å². The lowest BCUT2D eigenvalue weighted by atomic mass is 10.00. The van der Waals surface area contributed by atoms with Crippen LogP contribution < -0.4 is 5.73 Å². The van der Waals surface area contributed by atoms with Crippen molar-refractivity contribution in [1.29, 1.82) is 0 Å². The molecule has 0 aromatic carbocycles. The molecule has 0 aliphatic rings. The predicted molar refractivity (Wildman–Crippen MR) is 62.5 cm³/mol. The summed E-state index contributed by atoms with van der Waals surface area (Å²) in [7, 11) is 0. The summed E-state index contributed by atoms with van der Waals surface area (Å²) in [5, 5.41) is 8.22. The lowest BCUT2D eigenvalue weighted by Crippen LogP contribution is -2.14. The molecule has 1 rings (SSSR count). The minimum Gasteiger partial charge on any atom is -0.324 e. The van der Waals surface area contributed by atoms with Gasteiger partial charge in [0.1, 0.15) is 0 Å². The highest BCUT2D eigenvalue weighted by atomic mass is 15.1. The van der Waals surface area contributed by atoms with Crippen LogP contribution in [-0.2, 0) is 6.42 Å². The first kappa shape index (κ1) is 11.9. The van der Waals surface area contributed by atoms with E-state index in [1.807, 2.05) is 19.1 Å². The van der Waals surface area contributed by atoms with Gasteiger partial charge in [0.2, 0.25) is 0 Å². The summed E-state index contributed by atoms with van der Waals surface area (Å²) < 4.78 is 0. The number of aromatic nitrogens is 2. The van der Waals surface area contributed by atoms with E-state index in [1.54, 1.807) is 0 Å². The minimum atomic E-state index is 0.0483. The van der Waals surface area contributed by atoms with E-state index >= 15 is 0 Å². The van der Waals surface area contributed by atoms with Crippen LogP contribution in [0.5, 0.6) is 0 Å². The lowest BCUT2D eigenvalue weighted by Gasteiger charge is -2.14. The molecule has 0 amide bonds. The molecule has 1 atom stereocenters. The maximum atomic E-state index is 6.11.